The second-order valence-electron chi connectivity index (χ2n) is 4.74. The molecule has 0 saturated heterocycles. The number of ether oxygens (including phenoxy) is 1. The molecular formula is C16H16FNO2. The largest absolute Gasteiger partial charge is 0.457 e. The van der Waals surface area contributed by atoms with Gasteiger partial charge >= 0.3 is 5.97 Å². The lowest BCUT2D eigenvalue weighted by Crippen LogP contribution is -2.09. The topological polar surface area (TPSA) is 52.3 Å². The molecule has 0 heterocycles. The first kappa shape index (κ1) is 14.1. The molecule has 2 aromatic rings. The molecule has 104 valence electrons. The van der Waals surface area contributed by atoms with Crippen LogP contribution in [0.5, 0.6) is 0 Å². The summed E-state index contributed by atoms with van der Waals surface area (Å²) in [5.74, 6) is -0.782. The van der Waals surface area contributed by atoms with Crippen molar-refractivity contribution < 1.29 is 13.9 Å². The van der Waals surface area contributed by atoms with Gasteiger partial charge in [-0.15, -0.1) is 0 Å². The molecule has 0 saturated carbocycles. The van der Waals surface area contributed by atoms with Crippen molar-refractivity contribution in [2.75, 3.05) is 5.73 Å². The van der Waals surface area contributed by atoms with Gasteiger partial charge in [-0.25, -0.2) is 9.18 Å². The van der Waals surface area contributed by atoms with Crippen LogP contribution >= 0.6 is 0 Å². The molecule has 0 unspecified atom stereocenters. The van der Waals surface area contributed by atoms with Crippen LogP contribution in [-0.4, -0.2) is 5.97 Å². The maximum Gasteiger partial charge on any atom is 0.340 e. The lowest BCUT2D eigenvalue weighted by atomic mass is 10.1. The fraction of sp³-hybridized carbons (Fsp3) is 0.188. The number of carbonyl (C=O) groups excluding carboxylic acids is 1. The molecule has 0 aromatic heterocycles. The number of hydrogen-bond donors (Lipinski definition) is 1. The van der Waals surface area contributed by atoms with Crippen LogP contribution in [0, 0.1) is 19.7 Å². The van der Waals surface area contributed by atoms with Gasteiger partial charge in [0.15, 0.2) is 0 Å². The third kappa shape index (κ3) is 3.15. The zero-order valence-electron chi connectivity index (χ0n) is 11.4. The molecule has 2 rings (SSSR count). The van der Waals surface area contributed by atoms with Gasteiger partial charge < -0.3 is 10.5 Å². The number of nitrogens with two attached hydrogens (primary N) is 1. The second kappa shape index (κ2) is 5.74. The highest BCUT2D eigenvalue weighted by molar-refractivity contribution is 5.95. The van der Waals surface area contributed by atoms with E-state index in [1.807, 2.05) is 13.0 Å². The lowest BCUT2D eigenvalue weighted by molar-refractivity contribution is 0.0473. The van der Waals surface area contributed by atoms with Crippen molar-refractivity contribution in [3.63, 3.8) is 0 Å². The van der Waals surface area contributed by atoms with E-state index in [0.717, 1.165) is 16.7 Å². The minimum atomic E-state index is -0.477. The van der Waals surface area contributed by atoms with Crippen molar-refractivity contribution in [1.29, 1.82) is 0 Å². The van der Waals surface area contributed by atoms with E-state index in [0.29, 0.717) is 11.3 Å². The molecule has 0 spiro atoms. The van der Waals surface area contributed by atoms with Gasteiger partial charge in [0.05, 0.1) is 5.56 Å². The summed E-state index contributed by atoms with van der Waals surface area (Å²) in [6.45, 7) is 3.74. The Bertz CT molecular complexity index is 653. The van der Waals surface area contributed by atoms with E-state index in [1.165, 1.54) is 12.1 Å². The highest BCUT2D eigenvalue weighted by atomic mass is 19.1. The monoisotopic (exact) mass is 273 g/mol. The normalized spacial score (nSPS) is 10.3. The van der Waals surface area contributed by atoms with Gasteiger partial charge in [-0.3, -0.25) is 0 Å². The van der Waals surface area contributed by atoms with Crippen molar-refractivity contribution in [3.8, 4) is 0 Å². The predicted molar refractivity (Wildman–Crippen MR) is 75.8 cm³/mol. The number of halogens is 1. The smallest absolute Gasteiger partial charge is 0.340 e. The van der Waals surface area contributed by atoms with E-state index >= 15 is 0 Å². The number of rotatable bonds is 3. The minimum Gasteiger partial charge on any atom is -0.457 e. The summed E-state index contributed by atoms with van der Waals surface area (Å²) < 4.78 is 18.2. The molecule has 0 radical (unpaired) electrons. The fourth-order valence-corrected chi connectivity index (χ4v) is 1.89. The summed E-state index contributed by atoms with van der Waals surface area (Å²) >= 11 is 0. The van der Waals surface area contributed by atoms with Gasteiger partial charge in [0.2, 0.25) is 0 Å². The molecule has 0 atom stereocenters. The zero-order chi connectivity index (χ0) is 14.7. The maximum atomic E-state index is 13.0. The van der Waals surface area contributed by atoms with Crippen LogP contribution in [0.1, 0.15) is 27.0 Å². The SMILES string of the molecule is Cc1ccc(N)c(C(=O)OCc2ccc(F)cc2C)c1. The first-order chi connectivity index (χ1) is 9.47. The summed E-state index contributed by atoms with van der Waals surface area (Å²) in [4.78, 5) is 12.0. The summed E-state index contributed by atoms with van der Waals surface area (Å²) in [6.07, 6.45) is 0. The highest BCUT2D eigenvalue weighted by Crippen LogP contribution is 2.17. The number of carbonyl (C=O) groups is 1. The van der Waals surface area contributed by atoms with Crippen LogP contribution in [-0.2, 0) is 11.3 Å². The zero-order valence-corrected chi connectivity index (χ0v) is 11.4. The van der Waals surface area contributed by atoms with Crippen LogP contribution in [0.4, 0.5) is 10.1 Å². The fourth-order valence-electron chi connectivity index (χ4n) is 1.89. The summed E-state index contributed by atoms with van der Waals surface area (Å²) in [5, 5.41) is 0. The molecule has 0 bridgehead atoms. The molecule has 0 amide bonds. The van der Waals surface area contributed by atoms with Gasteiger partial charge in [0.1, 0.15) is 12.4 Å². The van der Waals surface area contributed by atoms with Gasteiger partial charge in [0.25, 0.3) is 0 Å². The number of anilines is 1. The molecule has 2 aromatic carbocycles. The van der Waals surface area contributed by atoms with Crippen LogP contribution < -0.4 is 5.73 Å². The average molecular weight is 273 g/mol. The molecule has 3 nitrogen and oxygen atoms in total. The van der Waals surface area contributed by atoms with E-state index in [2.05, 4.69) is 0 Å². The Kier molecular flexibility index (Phi) is 4.03. The molecule has 4 heteroatoms. The molecule has 0 aliphatic rings. The lowest BCUT2D eigenvalue weighted by Gasteiger charge is -2.09. The van der Waals surface area contributed by atoms with E-state index in [-0.39, 0.29) is 12.4 Å². The maximum absolute atomic E-state index is 13.0. The Morgan fingerprint density at radius 1 is 1.20 bits per heavy atom. The van der Waals surface area contributed by atoms with Gasteiger partial charge in [-0.1, -0.05) is 17.7 Å². The predicted octanol–water partition coefficient (Wildman–Crippen LogP) is 3.38. The van der Waals surface area contributed by atoms with Crippen molar-refractivity contribution in [3.05, 3.63) is 64.5 Å². The molecular weight excluding hydrogens is 257 g/mol. The highest BCUT2D eigenvalue weighted by Gasteiger charge is 2.12. The quantitative estimate of drug-likeness (QED) is 0.689. The van der Waals surface area contributed by atoms with E-state index < -0.39 is 5.97 Å². The Labute approximate surface area is 117 Å². The summed E-state index contributed by atoms with van der Waals surface area (Å²) in [6, 6.07) is 9.55. The first-order valence-electron chi connectivity index (χ1n) is 6.25. The number of benzene rings is 2. The van der Waals surface area contributed by atoms with E-state index in [4.69, 9.17) is 10.5 Å². The summed E-state index contributed by atoms with van der Waals surface area (Å²) in [5.41, 5.74) is 8.95. The number of nitrogen functional groups attached to an aromatic ring is 1. The molecule has 20 heavy (non-hydrogen) atoms. The van der Waals surface area contributed by atoms with Crippen molar-refractivity contribution >= 4 is 11.7 Å². The van der Waals surface area contributed by atoms with Crippen LogP contribution in [0.3, 0.4) is 0 Å². The van der Waals surface area contributed by atoms with Crippen LogP contribution in [0.15, 0.2) is 36.4 Å². The van der Waals surface area contributed by atoms with Gasteiger partial charge in [-0.2, -0.15) is 0 Å². The number of hydrogen-bond acceptors (Lipinski definition) is 3. The molecule has 0 aliphatic carbocycles. The third-order valence-corrected chi connectivity index (χ3v) is 3.09. The summed E-state index contributed by atoms with van der Waals surface area (Å²) in [7, 11) is 0. The van der Waals surface area contributed by atoms with E-state index in [1.54, 1.807) is 25.1 Å². The second-order valence-corrected chi connectivity index (χ2v) is 4.74. The molecule has 0 aliphatic heterocycles. The van der Waals surface area contributed by atoms with Crippen molar-refractivity contribution in [2.45, 2.75) is 20.5 Å². The molecule has 2 N–H and O–H groups in total. The van der Waals surface area contributed by atoms with Crippen LogP contribution in [0.2, 0.25) is 0 Å². The Morgan fingerprint density at radius 3 is 2.65 bits per heavy atom. The van der Waals surface area contributed by atoms with Crippen molar-refractivity contribution in [2.24, 2.45) is 0 Å². The number of esters is 1. The van der Waals surface area contributed by atoms with E-state index in [9.17, 15) is 9.18 Å². The first-order valence-corrected chi connectivity index (χ1v) is 6.25. The minimum absolute atomic E-state index is 0.0956. The Balaban J connectivity index is 2.10. The van der Waals surface area contributed by atoms with Crippen LogP contribution in [0.25, 0.3) is 0 Å². The Hall–Kier alpha value is -2.36. The van der Waals surface area contributed by atoms with Gasteiger partial charge in [-0.05, 0) is 49.2 Å². The Morgan fingerprint density at radius 2 is 1.95 bits per heavy atom. The third-order valence-electron chi connectivity index (χ3n) is 3.09. The number of aryl methyl sites for hydroxylation is 2. The standard InChI is InChI=1S/C16H16FNO2/c1-10-3-6-15(18)14(7-10)16(19)20-9-12-4-5-13(17)8-11(12)2/h3-8H,9,18H2,1-2H3. The van der Waals surface area contributed by atoms with Crippen molar-refractivity contribution in [1.82, 2.24) is 0 Å². The van der Waals surface area contributed by atoms with Gasteiger partial charge in [0, 0.05) is 5.69 Å². The molecule has 0 fully saturated rings. The average Bonchev–Trinajstić information content (AvgIpc) is 2.40.